The van der Waals surface area contributed by atoms with E-state index < -0.39 is 34.3 Å². The number of carbonyl (C=O) groups excluding carboxylic acids is 2. The van der Waals surface area contributed by atoms with Gasteiger partial charge in [-0.15, -0.1) is 0 Å². The average molecular weight is 400 g/mol. The highest BCUT2D eigenvalue weighted by Crippen LogP contribution is 2.32. The fourth-order valence-corrected chi connectivity index (χ4v) is 3.28. The summed E-state index contributed by atoms with van der Waals surface area (Å²) in [6, 6.07) is 5.53. The first-order chi connectivity index (χ1) is 13.8. The summed E-state index contributed by atoms with van der Waals surface area (Å²) in [5.74, 6) is -2.17. The average Bonchev–Trinajstić information content (AvgIpc) is 2.69. The van der Waals surface area contributed by atoms with Crippen LogP contribution in [-0.4, -0.2) is 26.9 Å². The first kappa shape index (κ1) is 20.2. The van der Waals surface area contributed by atoms with Crippen molar-refractivity contribution in [2.75, 3.05) is 0 Å². The summed E-state index contributed by atoms with van der Waals surface area (Å²) in [5, 5.41) is 15.4. The van der Waals surface area contributed by atoms with Crippen LogP contribution in [0.4, 0.5) is 4.39 Å². The maximum absolute atomic E-state index is 13.0. The smallest absolute Gasteiger partial charge is 0.294 e. The Labute approximate surface area is 165 Å². The van der Waals surface area contributed by atoms with E-state index in [1.165, 1.54) is 31.2 Å². The molecule has 3 rings (SSSR count). The van der Waals surface area contributed by atoms with Crippen LogP contribution in [0.25, 0.3) is 0 Å². The Morgan fingerprint density at radius 3 is 2.62 bits per heavy atom. The molecule has 1 aliphatic carbocycles. The number of benzene rings is 1. The summed E-state index contributed by atoms with van der Waals surface area (Å²) in [6.45, 7) is 1.41. The van der Waals surface area contributed by atoms with Gasteiger partial charge in [-0.25, -0.2) is 9.37 Å². The number of H-pyrrole nitrogens is 1. The molecule has 2 amide bonds. The van der Waals surface area contributed by atoms with Gasteiger partial charge in [-0.05, 0) is 37.0 Å². The monoisotopic (exact) mass is 400 g/mol. The van der Waals surface area contributed by atoms with Crippen LogP contribution in [0, 0.1) is 5.82 Å². The van der Waals surface area contributed by atoms with E-state index in [0.29, 0.717) is 24.8 Å². The Balaban J connectivity index is 1.91. The summed E-state index contributed by atoms with van der Waals surface area (Å²) < 4.78 is 13.0. The number of halogens is 1. The number of nitrogens with one attached hydrogen (secondary N) is 3. The molecule has 0 bridgehead atoms. The lowest BCUT2D eigenvalue weighted by Crippen LogP contribution is -2.48. The van der Waals surface area contributed by atoms with Crippen LogP contribution >= 0.6 is 0 Å². The van der Waals surface area contributed by atoms with Crippen molar-refractivity contribution >= 4 is 11.8 Å². The van der Waals surface area contributed by atoms with Gasteiger partial charge in [0.2, 0.25) is 11.7 Å². The molecule has 1 aromatic carbocycles. The number of hydrogen-bond acceptors (Lipinski definition) is 5. The third-order valence-corrected chi connectivity index (χ3v) is 4.72. The van der Waals surface area contributed by atoms with Crippen molar-refractivity contribution < 1.29 is 19.1 Å². The zero-order chi connectivity index (χ0) is 21.0. The minimum atomic E-state index is -0.973. The quantitative estimate of drug-likeness (QED) is 0.568. The standard InChI is InChI=1S/C20H21FN4O4/c1-12(26)25-20(9-3-2-4-10-20)19-23-15(16(27)18(29)24-19)17(28)22-11-13-5-7-14(21)8-6-13/h2-3,5-8,27H,4,9-11H2,1H3,(H,22,28)(H,25,26)(H,23,24,29). The number of rotatable bonds is 5. The minimum absolute atomic E-state index is 0.0575. The molecule has 0 aliphatic heterocycles. The third kappa shape index (κ3) is 4.50. The van der Waals surface area contributed by atoms with Gasteiger partial charge >= 0.3 is 0 Å². The molecule has 9 heteroatoms. The Bertz CT molecular complexity index is 1020. The largest absolute Gasteiger partial charge is 0.501 e. The van der Waals surface area contributed by atoms with Gasteiger partial charge in [0.15, 0.2) is 5.69 Å². The van der Waals surface area contributed by atoms with E-state index in [1.807, 2.05) is 12.2 Å². The first-order valence-corrected chi connectivity index (χ1v) is 9.11. The van der Waals surface area contributed by atoms with Crippen LogP contribution in [0.3, 0.4) is 0 Å². The molecule has 1 heterocycles. The van der Waals surface area contributed by atoms with Gasteiger partial charge in [0.1, 0.15) is 17.2 Å². The van der Waals surface area contributed by atoms with Crippen molar-refractivity contribution in [3.63, 3.8) is 0 Å². The molecule has 8 nitrogen and oxygen atoms in total. The van der Waals surface area contributed by atoms with Gasteiger partial charge < -0.3 is 20.7 Å². The number of aromatic nitrogens is 2. The van der Waals surface area contributed by atoms with Gasteiger partial charge in [-0.3, -0.25) is 14.4 Å². The van der Waals surface area contributed by atoms with Crippen LogP contribution in [0.2, 0.25) is 0 Å². The van der Waals surface area contributed by atoms with E-state index in [1.54, 1.807) is 0 Å². The summed E-state index contributed by atoms with van der Waals surface area (Å²) in [7, 11) is 0. The number of aromatic hydroxyl groups is 1. The third-order valence-electron chi connectivity index (χ3n) is 4.72. The molecule has 2 aromatic rings. The zero-order valence-corrected chi connectivity index (χ0v) is 15.8. The van der Waals surface area contributed by atoms with Gasteiger partial charge in [-0.2, -0.15) is 0 Å². The fourth-order valence-electron chi connectivity index (χ4n) is 3.28. The van der Waals surface area contributed by atoms with Crippen molar-refractivity contribution in [2.24, 2.45) is 0 Å². The zero-order valence-electron chi connectivity index (χ0n) is 15.8. The fraction of sp³-hybridized carbons (Fsp3) is 0.300. The molecular weight excluding hydrogens is 379 g/mol. The van der Waals surface area contributed by atoms with E-state index in [-0.39, 0.29) is 18.3 Å². The van der Waals surface area contributed by atoms with Crippen LogP contribution < -0.4 is 16.2 Å². The van der Waals surface area contributed by atoms with Gasteiger partial charge in [0, 0.05) is 13.5 Å². The molecule has 0 saturated carbocycles. The van der Waals surface area contributed by atoms with E-state index in [9.17, 15) is 23.9 Å². The van der Waals surface area contributed by atoms with Crippen molar-refractivity contribution in [3.8, 4) is 5.75 Å². The van der Waals surface area contributed by atoms with Crippen LogP contribution in [0.15, 0.2) is 41.2 Å². The van der Waals surface area contributed by atoms with Gasteiger partial charge in [0.25, 0.3) is 11.5 Å². The number of allylic oxidation sites excluding steroid dienone is 1. The lowest BCUT2D eigenvalue weighted by Gasteiger charge is -2.34. The molecule has 1 unspecified atom stereocenters. The highest BCUT2D eigenvalue weighted by atomic mass is 19.1. The molecule has 1 aromatic heterocycles. The second-order valence-electron chi connectivity index (χ2n) is 6.90. The Morgan fingerprint density at radius 2 is 2.00 bits per heavy atom. The number of nitrogens with zero attached hydrogens (tertiary/aromatic N) is 1. The molecule has 0 fully saturated rings. The highest BCUT2D eigenvalue weighted by molar-refractivity contribution is 5.94. The van der Waals surface area contributed by atoms with Crippen LogP contribution in [0.1, 0.15) is 48.1 Å². The molecule has 29 heavy (non-hydrogen) atoms. The van der Waals surface area contributed by atoms with Crippen molar-refractivity contribution in [2.45, 2.75) is 38.3 Å². The topological polar surface area (TPSA) is 124 Å². The van der Waals surface area contributed by atoms with Gasteiger partial charge in [0.05, 0.1) is 0 Å². The summed E-state index contributed by atoms with van der Waals surface area (Å²) >= 11 is 0. The van der Waals surface area contributed by atoms with E-state index >= 15 is 0 Å². The van der Waals surface area contributed by atoms with E-state index in [4.69, 9.17) is 0 Å². The molecule has 152 valence electrons. The molecule has 0 radical (unpaired) electrons. The summed E-state index contributed by atoms with van der Waals surface area (Å²) in [4.78, 5) is 43.2. The minimum Gasteiger partial charge on any atom is -0.501 e. The predicted octanol–water partition coefficient (Wildman–Crippen LogP) is 1.62. The number of hydrogen-bond donors (Lipinski definition) is 4. The number of aromatic amines is 1. The Morgan fingerprint density at radius 1 is 1.28 bits per heavy atom. The number of carbonyl (C=O) groups is 2. The SMILES string of the molecule is CC(=O)NC1(c2nc(C(=O)NCc3ccc(F)cc3)c(O)c(=O)[nH]2)CC=CCC1. The molecule has 1 aliphatic rings. The van der Waals surface area contributed by atoms with E-state index in [0.717, 1.165) is 0 Å². The second kappa shape index (κ2) is 8.26. The highest BCUT2D eigenvalue weighted by Gasteiger charge is 2.37. The lowest BCUT2D eigenvalue weighted by molar-refractivity contribution is -0.121. The van der Waals surface area contributed by atoms with Crippen LogP contribution in [0.5, 0.6) is 5.75 Å². The number of amides is 2. The Kier molecular flexibility index (Phi) is 5.76. The maximum Gasteiger partial charge on any atom is 0.294 e. The van der Waals surface area contributed by atoms with Gasteiger partial charge in [-0.1, -0.05) is 24.3 Å². The maximum atomic E-state index is 13.0. The molecule has 0 spiro atoms. The normalized spacial score (nSPS) is 18.3. The summed E-state index contributed by atoms with van der Waals surface area (Å²) in [6.07, 6.45) is 5.33. The van der Waals surface area contributed by atoms with Crippen molar-refractivity contribution in [1.82, 2.24) is 20.6 Å². The van der Waals surface area contributed by atoms with Crippen molar-refractivity contribution in [3.05, 3.63) is 69.7 Å². The predicted molar refractivity (Wildman–Crippen MR) is 103 cm³/mol. The summed E-state index contributed by atoms with van der Waals surface area (Å²) in [5.41, 5.74) is -1.65. The van der Waals surface area contributed by atoms with Crippen molar-refractivity contribution in [1.29, 1.82) is 0 Å². The molecule has 0 saturated heterocycles. The molecular formula is C20H21FN4O4. The van der Waals surface area contributed by atoms with Crippen LogP contribution in [-0.2, 0) is 16.9 Å². The molecule has 4 N–H and O–H groups in total. The Hall–Kier alpha value is -3.49. The lowest BCUT2D eigenvalue weighted by atomic mass is 9.84. The van der Waals surface area contributed by atoms with E-state index in [2.05, 4.69) is 20.6 Å². The molecule has 1 atom stereocenters. The second-order valence-corrected chi connectivity index (χ2v) is 6.90. The first-order valence-electron chi connectivity index (χ1n) is 9.11.